The minimum atomic E-state index is -0.825. The third-order valence-electron chi connectivity index (χ3n) is 8.96. The number of anilines is 2. The van der Waals surface area contributed by atoms with E-state index in [9.17, 15) is 19.2 Å². The summed E-state index contributed by atoms with van der Waals surface area (Å²) in [7, 11) is 3.86. The van der Waals surface area contributed by atoms with Crippen LogP contribution in [0.5, 0.6) is 5.75 Å². The van der Waals surface area contributed by atoms with Crippen molar-refractivity contribution >= 4 is 45.9 Å². The summed E-state index contributed by atoms with van der Waals surface area (Å²) in [4.78, 5) is 57.2. The molecule has 3 atom stereocenters. The van der Waals surface area contributed by atoms with Crippen molar-refractivity contribution in [3.05, 3.63) is 102 Å². The minimum absolute atomic E-state index is 0.117. The molecule has 254 valence electrons. The number of hydrogen-bond donors (Lipinski definition) is 4. The fourth-order valence-corrected chi connectivity index (χ4v) is 6.43. The molecular formula is C38H42N6O5. The molecule has 1 saturated heterocycles. The second kappa shape index (κ2) is 15.1. The van der Waals surface area contributed by atoms with Gasteiger partial charge in [-0.2, -0.15) is 0 Å². The van der Waals surface area contributed by atoms with Crippen LogP contribution in [-0.4, -0.2) is 80.6 Å². The van der Waals surface area contributed by atoms with Crippen LogP contribution in [0.15, 0.2) is 91.0 Å². The van der Waals surface area contributed by atoms with Crippen LogP contribution in [0.4, 0.5) is 16.2 Å². The quantitative estimate of drug-likeness (QED) is 0.243. The minimum Gasteiger partial charge on any atom is -0.491 e. The summed E-state index contributed by atoms with van der Waals surface area (Å²) >= 11 is 0. The van der Waals surface area contributed by atoms with E-state index >= 15 is 0 Å². The monoisotopic (exact) mass is 662 g/mol. The summed E-state index contributed by atoms with van der Waals surface area (Å²) in [6.07, 6.45) is 1.37. The number of carbonyl (C=O) groups is 4. The third kappa shape index (κ3) is 8.48. The molecule has 0 aromatic heterocycles. The molecule has 1 fully saturated rings. The Morgan fingerprint density at radius 3 is 2.57 bits per heavy atom. The summed E-state index contributed by atoms with van der Waals surface area (Å²) in [6, 6.07) is 26.4. The lowest BCUT2D eigenvalue weighted by Gasteiger charge is -2.29. The average molecular weight is 663 g/mol. The van der Waals surface area contributed by atoms with Crippen LogP contribution < -0.4 is 30.9 Å². The zero-order chi connectivity index (χ0) is 34.3. The molecule has 2 bridgehead atoms. The molecule has 4 aromatic rings. The van der Waals surface area contributed by atoms with E-state index in [-0.39, 0.29) is 55.4 Å². The Morgan fingerprint density at radius 2 is 1.73 bits per heavy atom. The fourth-order valence-electron chi connectivity index (χ4n) is 6.43. The van der Waals surface area contributed by atoms with Crippen LogP contribution in [0, 0.1) is 0 Å². The van der Waals surface area contributed by atoms with Gasteiger partial charge in [0.15, 0.2) is 0 Å². The number of fused-ring (bicyclic) bond motifs is 4. The van der Waals surface area contributed by atoms with Crippen molar-refractivity contribution in [2.75, 3.05) is 44.0 Å². The van der Waals surface area contributed by atoms with Crippen LogP contribution in [0.25, 0.3) is 10.8 Å². The molecule has 2 heterocycles. The Morgan fingerprint density at radius 1 is 0.918 bits per heavy atom. The second-order valence-electron chi connectivity index (χ2n) is 12.8. The number of nitrogens with one attached hydrogen (secondary N) is 4. The lowest BCUT2D eigenvalue weighted by Crippen LogP contribution is -2.52. The Balaban J connectivity index is 1.19. The van der Waals surface area contributed by atoms with Crippen LogP contribution >= 0.6 is 0 Å². The van der Waals surface area contributed by atoms with Gasteiger partial charge < -0.3 is 35.8 Å². The van der Waals surface area contributed by atoms with Gasteiger partial charge in [0.1, 0.15) is 18.4 Å². The number of hydrogen-bond acceptors (Lipinski definition) is 6. The van der Waals surface area contributed by atoms with Crippen LogP contribution in [0.2, 0.25) is 0 Å². The SMILES string of the molecule is CN(C)c1cccc(NC(=O)N[C@H]2C[C@H]3COc4cccc(c4)C(=O)NCCC[C@H](NC(=O)Cc4ccc5ccccc5c4)C(=O)N3C2)c1. The number of amides is 5. The van der Waals surface area contributed by atoms with Gasteiger partial charge >= 0.3 is 6.03 Å². The highest BCUT2D eigenvalue weighted by Crippen LogP contribution is 2.24. The molecule has 49 heavy (non-hydrogen) atoms. The van der Waals surface area contributed by atoms with Gasteiger partial charge in [0, 0.05) is 44.1 Å². The smallest absolute Gasteiger partial charge is 0.319 e. The standard InChI is InChI=1S/C38H42N6O5/c1-43(2)31-12-6-11-29(21-31)40-38(48)41-30-22-32-24-49-33-13-5-10-28(20-33)36(46)39-17-7-14-34(37(47)44(32)23-30)42-35(45)19-25-15-16-26-8-3-4-9-27(26)18-25/h3-6,8-13,15-16,18,20-21,30,32,34H,7,14,17,19,22-24H2,1-2H3,(H,39,46)(H,42,45)(H2,40,41,48)/t30-,32-,34-/m0/s1. The zero-order valence-electron chi connectivity index (χ0n) is 27.8. The van der Waals surface area contributed by atoms with Crippen molar-refractivity contribution < 1.29 is 23.9 Å². The van der Waals surface area contributed by atoms with E-state index in [1.165, 1.54) is 0 Å². The number of carbonyl (C=O) groups excluding carboxylic acids is 4. The Hall–Kier alpha value is -5.58. The highest BCUT2D eigenvalue weighted by Gasteiger charge is 2.39. The first-order valence-corrected chi connectivity index (χ1v) is 16.7. The highest BCUT2D eigenvalue weighted by molar-refractivity contribution is 5.95. The van der Waals surface area contributed by atoms with Gasteiger partial charge in [-0.1, -0.05) is 54.6 Å². The predicted molar refractivity (Wildman–Crippen MR) is 190 cm³/mol. The lowest BCUT2D eigenvalue weighted by atomic mass is 10.0. The van der Waals surface area contributed by atoms with E-state index in [0.717, 1.165) is 22.0 Å². The van der Waals surface area contributed by atoms with Crippen molar-refractivity contribution in [3.8, 4) is 5.75 Å². The van der Waals surface area contributed by atoms with Crippen LogP contribution in [0.3, 0.4) is 0 Å². The maximum absolute atomic E-state index is 14.3. The molecule has 0 spiro atoms. The third-order valence-corrected chi connectivity index (χ3v) is 8.96. The first-order valence-electron chi connectivity index (χ1n) is 16.7. The largest absolute Gasteiger partial charge is 0.491 e. The summed E-state index contributed by atoms with van der Waals surface area (Å²) in [5.74, 6) is -0.248. The van der Waals surface area contributed by atoms with E-state index in [1.807, 2.05) is 85.7 Å². The molecule has 2 aliphatic heterocycles. The van der Waals surface area contributed by atoms with E-state index in [0.29, 0.717) is 42.8 Å². The fraction of sp³-hybridized carbons (Fsp3) is 0.316. The summed E-state index contributed by atoms with van der Waals surface area (Å²) < 4.78 is 6.12. The molecule has 11 nitrogen and oxygen atoms in total. The average Bonchev–Trinajstić information content (AvgIpc) is 3.50. The van der Waals surface area contributed by atoms with Gasteiger partial charge in [-0.25, -0.2) is 4.79 Å². The molecule has 4 aromatic carbocycles. The van der Waals surface area contributed by atoms with Gasteiger partial charge in [0.25, 0.3) is 5.91 Å². The topological polar surface area (TPSA) is 132 Å². The Kier molecular flexibility index (Phi) is 10.3. The molecule has 6 rings (SSSR count). The zero-order valence-corrected chi connectivity index (χ0v) is 27.8. The van der Waals surface area contributed by atoms with Crippen molar-refractivity contribution in [2.24, 2.45) is 0 Å². The normalized spacial score (nSPS) is 19.6. The van der Waals surface area contributed by atoms with E-state index in [2.05, 4.69) is 21.3 Å². The van der Waals surface area contributed by atoms with E-state index in [4.69, 9.17) is 4.74 Å². The van der Waals surface area contributed by atoms with Gasteiger partial charge in [0.2, 0.25) is 11.8 Å². The second-order valence-corrected chi connectivity index (χ2v) is 12.8. The van der Waals surface area contributed by atoms with E-state index in [1.54, 1.807) is 29.2 Å². The number of rotatable bonds is 6. The molecule has 2 aliphatic rings. The van der Waals surface area contributed by atoms with Crippen LogP contribution in [-0.2, 0) is 16.0 Å². The van der Waals surface area contributed by atoms with Gasteiger partial charge in [-0.05, 0) is 72.0 Å². The summed E-state index contributed by atoms with van der Waals surface area (Å²) in [5, 5.41) is 13.9. The molecule has 4 N–H and O–H groups in total. The molecule has 0 saturated carbocycles. The first-order chi connectivity index (χ1) is 23.7. The molecule has 5 amide bonds. The van der Waals surface area contributed by atoms with Crippen molar-refractivity contribution in [3.63, 3.8) is 0 Å². The molecule has 0 radical (unpaired) electrons. The van der Waals surface area contributed by atoms with Crippen LogP contribution in [0.1, 0.15) is 35.2 Å². The maximum atomic E-state index is 14.3. The summed E-state index contributed by atoms with van der Waals surface area (Å²) in [6.45, 7) is 0.738. The number of urea groups is 1. The van der Waals surface area contributed by atoms with Crippen molar-refractivity contribution in [1.82, 2.24) is 20.9 Å². The highest BCUT2D eigenvalue weighted by atomic mass is 16.5. The van der Waals surface area contributed by atoms with Crippen molar-refractivity contribution in [2.45, 2.75) is 43.8 Å². The van der Waals surface area contributed by atoms with Gasteiger partial charge in [-0.3, -0.25) is 14.4 Å². The van der Waals surface area contributed by atoms with Crippen molar-refractivity contribution in [1.29, 1.82) is 0 Å². The lowest BCUT2D eigenvalue weighted by molar-refractivity contribution is -0.137. The Bertz CT molecular complexity index is 1840. The maximum Gasteiger partial charge on any atom is 0.319 e. The molecule has 0 unspecified atom stereocenters. The summed E-state index contributed by atoms with van der Waals surface area (Å²) in [5.41, 5.74) is 2.92. The van der Waals surface area contributed by atoms with Gasteiger partial charge in [-0.15, -0.1) is 0 Å². The number of nitrogens with zero attached hydrogens (tertiary/aromatic N) is 2. The number of ether oxygens (including phenoxy) is 1. The molecular weight excluding hydrogens is 620 g/mol. The predicted octanol–water partition coefficient (Wildman–Crippen LogP) is 4.33. The molecule has 11 heteroatoms. The Labute approximate surface area is 286 Å². The first kappa shape index (κ1) is 33.3. The van der Waals surface area contributed by atoms with E-state index < -0.39 is 6.04 Å². The van der Waals surface area contributed by atoms with Gasteiger partial charge in [0.05, 0.1) is 18.5 Å². The molecule has 0 aliphatic carbocycles. The number of benzene rings is 4.